The van der Waals surface area contributed by atoms with E-state index in [1.54, 1.807) is 0 Å². The van der Waals surface area contributed by atoms with Gasteiger partial charge in [0.25, 0.3) is 5.91 Å². The zero-order valence-corrected chi connectivity index (χ0v) is 15.7. The fourth-order valence-electron chi connectivity index (χ4n) is 2.24. The number of anilines is 2. The summed E-state index contributed by atoms with van der Waals surface area (Å²) < 4.78 is 0. The molecule has 0 saturated carbocycles. The van der Waals surface area contributed by atoms with Gasteiger partial charge in [-0.1, -0.05) is 12.1 Å². The predicted octanol–water partition coefficient (Wildman–Crippen LogP) is 4.70. The maximum atomic E-state index is 12.3. The molecule has 0 aliphatic carbocycles. The van der Waals surface area contributed by atoms with E-state index >= 15 is 0 Å². The number of carbonyl (C=O) groups excluding carboxylic acids is 2. The number of benzene rings is 1. The Morgan fingerprint density at radius 3 is 2.40 bits per heavy atom. The molecule has 0 aliphatic rings. The summed E-state index contributed by atoms with van der Waals surface area (Å²) in [5.74, 6) is -0.242. The lowest BCUT2D eigenvalue weighted by Crippen LogP contribution is -2.09. The minimum Gasteiger partial charge on any atom is -0.326 e. The number of aromatic nitrogens is 1. The van der Waals surface area contributed by atoms with Gasteiger partial charge in [-0.2, -0.15) is 0 Å². The van der Waals surface area contributed by atoms with Crippen molar-refractivity contribution in [3.8, 4) is 11.3 Å². The van der Waals surface area contributed by atoms with Gasteiger partial charge in [0.1, 0.15) is 0 Å². The van der Waals surface area contributed by atoms with Crippen LogP contribution in [-0.2, 0) is 4.79 Å². The highest BCUT2D eigenvalue weighted by Crippen LogP contribution is 2.27. The first-order valence-corrected chi connectivity index (χ1v) is 9.34. The van der Waals surface area contributed by atoms with E-state index in [1.807, 2.05) is 49.6 Å². The number of hydrogen-bond acceptors (Lipinski definition) is 5. The van der Waals surface area contributed by atoms with Crippen LogP contribution in [-0.4, -0.2) is 16.8 Å². The van der Waals surface area contributed by atoms with Gasteiger partial charge < -0.3 is 5.32 Å². The lowest BCUT2D eigenvalue weighted by Gasteiger charge is -2.02. The molecule has 0 unspecified atom stereocenters. The number of amides is 2. The molecule has 0 bridgehead atoms. The van der Waals surface area contributed by atoms with Crippen molar-refractivity contribution in [2.24, 2.45) is 0 Å². The fourth-order valence-corrected chi connectivity index (χ4v) is 3.88. The molecule has 2 aromatic heterocycles. The minimum atomic E-state index is -0.136. The van der Waals surface area contributed by atoms with Crippen molar-refractivity contribution in [2.75, 3.05) is 10.6 Å². The second-order valence-corrected chi connectivity index (χ2v) is 7.71. The quantitative estimate of drug-likeness (QED) is 0.698. The highest BCUT2D eigenvalue weighted by molar-refractivity contribution is 7.15. The maximum absolute atomic E-state index is 12.3. The standard InChI is InChI=1S/C18H17N3O2S2/c1-10-8-16(25-11(10)2)17(23)21-18-20-15(9-24-18)13-4-6-14(7-5-13)19-12(3)22/h4-9H,1-3H3,(H,19,22)(H,20,21,23). The monoisotopic (exact) mass is 371 g/mol. The third-order valence-corrected chi connectivity index (χ3v) is 5.52. The summed E-state index contributed by atoms with van der Waals surface area (Å²) >= 11 is 2.87. The zero-order valence-electron chi connectivity index (χ0n) is 14.0. The van der Waals surface area contributed by atoms with Crippen LogP contribution in [0.2, 0.25) is 0 Å². The number of hydrogen-bond donors (Lipinski definition) is 2. The van der Waals surface area contributed by atoms with Gasteiger partial charge in [-0.25, -0.2) is 4.98 Å². The predicted molar refractivity (Wildman–Crippen MR) is 104 cm³/mol. The SMILES string of the molecule is CC(=O)Nc1ccc(-c2csc(NC(=O)c3cc(C)c(C)s3)n2)cc1. The first-order chi connectivity index (χ1) is 11.9. The van der Waals surface area contributed by atoms with Crippen LogP contribution in [0.3, 0.4) is 0 Å². The largest absolute Gasteiger partial charge is 0.326 e. The van der Waals surface area contributed by atoms with Crippen LogP contribution in [0.1, 0.15) is 27.0 Å². The van der Waals surface area contributed by atoms with Crippen LogP contribution in [0.15, 0.2) is 35.7 Å². The van der Waals surface area contributed by atoms with Crippen LogP contribution in [0.4, 0.5) is 10.8 Å². The van der Waals surface area contributed by atoms with Crippen molar-refractivity contribution >= 4 is 45.3 Å². The van der Waals surface area contributed by atoms with Gasteiger partial charge in [0.15, 0.2) is 5.13 Å². The van der Waals surface area contributed by atoms with E-state index in [0.29, 0.717) is 10.0 Å². The molecule has 5 nitrogen and oxygen atoms in total. The number of thiazole rings is 1. The Balaban J connectivity index is 1.71. The first-order valence-electron chi connectivity index (χ1n) is 7.64. The highest BCUT2D eigenvalue weighted by Gasteiger charge is 2.13. The molecular weight excluding hydrogens is 354 g/mol. The molecular formula is C18H17N3O2S2. The Hall–Kier alpha value is -2.51. The van der Waals surface area contributed by atoms with Gasteiger partial charge in [-0.15, -0.1) is 22.7 Å². The van der Waals surface area contributed by atoms with E-state index in [-0.39, 0.29) is 11.8 Å². The summed E-state index contributed by atoms with van der Waals surface area (Å²) in [5, 5.41) is 8.04. The van der Waals surface area contributed by atoms with E-state index in [4.69, 9.17) is 0 Å². The summed E-state index contributed by atoms with van der Waals surface area (Å²) in [6.45, 7) is 5.47. The third kappa shape index (κ3) is 4.12. The normalized spacial score (nSPS) is 10.5. The molecule has 3 aromatic rings. The minimum absolute atomic E-state index is 0.106. The smallest absolute Gasteiger partial charge is 0.267 e. The van der Waals surface area contributed by atoms with Crippen LogP contribution < -0.4 is 10.6 Å². The summed E-state index contributed by atoms with van der Waals surface area (Å²) in [4.78, 5) is 29.6. The lowest BCUT2D eigenvalue weighted by atomic mass is 10.1. The molecule has 0 saturated heterocycles. The Morgan fingerprint density at radius 2 is 1.80 bits per heavy atom. The highest BCUT2D eigenvalue weighted by atomic mass is 32.1. The van der Waals surface area contributed by atoms with Gasteiger partial charge in [-0.05, 0) is 37.6 Å². The molecule has 128 valence electrons. The van der Waals surface area contributed by atoms with Crippen molar-refractivity contribution in [3.05, 3.63) is 51.0 Å². The zero-order chi connectivity index (χ0) is 18.0. The van der Waals surface area contributed by atoms with Crippen LogP contribution in [0, 0.1) is 13.8 Å². The summed E-state index contributed by atoms with van der Waals surface area (Å²) in [5.41, 5.74) is 3.57. The maximum Gasteiger partial charge on any atom is 0.267 e. The topological polar surface area (TPSA) is 71.1 Å². The summed E-state index contributed by atoms with van der Waals surface area (Å²) in [6, 6.07) is 9.32. The molecule has 0 aliphatic heterocycles. The van der Waals surface area contributed by atoms with E-state index in [9.17, 15) is 9.59 Å². The molecule has 0 spiro atoms. The molecule has 0 atom stereocenters. The Morgan fingerprint density at radius 1 is 1.08 bits per heavy atom. The number of thiophene rings is 1. The first kappa shape index (κ1) is 17.3. The van der Waals surface area contributed by atoms with Crippen molar-refractivity contribution in [3.63, 3.8) is 0 Å². The molecule has 2 heterocycles. The Labute approximate surface area is 153 Å². The van der Waals surface area contributed by atoms with Gasteiger partial charge in [-0.3, -0.25) is 14.9 Å². The number of carbonyl (C=O) groups is 2. The molecule has 2 amide bonds. The van der Waals surface area contributed by atoms with Crippen LogP contribution >= 0.6 is 22.7 Å². The van der Waals surface area contributed by atoms with Crippen LogP contribution in [0.5, 0.6) is 0 Å². The average molecular weight is 371 g/mol. The molecule has 2 N–H and O–H groups in total. The van der Waals surface area contributed by atoms with Crippen molar-refractivity contribution in [1.29, 1.82) is 0 Å². The molecule has 1 aromatic carbocycles. The van der Waals surface area contributed by atoms with E-state index in [1.165, 1.54) is 29.6 Å². The lowest BCUT2D eigenvalue weighted by molar-refractivity contribution is -0.114. The molecule has 3 rings (SSSR count). The number of rotatable bonds is 4. The van der Waals surface area contributed by atoms with Gasteiger partial charge in [0, 0.05) is 28.4 Å². The molecule has 7 heteroatoms. The number of nitrogens with zero attached hydrogens (tertiary/aromatic N) is 1. The van der Waals surface area contributed by atoms with E-state index < -0.39 is 0 Å². The average Bonchev–Trinajstić information content (AvgIpc) is 3.15. The number of nitrogens with one attached hydrogen (secondary N) is 2. The number of aryl methyl sites for hydroxylation is 2. The molecule has 25 heavy (non-hydrogen) atoms. The molecule has 0 fully saturated rings. The Bertz CT molecular complexity index is 907. The van der Waals surface area contributed by atoms with E-state index in [2.05, 4.69) is 15.6 Å². The van der Waals surface area contributed by atoms with Gasteiger partial charge >= 0.3 is 0 Å². The second kappa shape index (κ2) is 7.16. The van der Waals surface area contributed by atoms with Crippen molar-refractivity contribution in [1.82, 2.24) is 4.98 Å². The molecule has 0 radical (unpaired) electrons. The van der Waals surface area contributed by atoms with Gasteiger partial charge in [0.05, 0.1) is 10.6 Å². The van der Waals surface area contributed by atoms with Crippen LogP contribution in [0.25, 0.3) is 11.3 Å². The van der Waals surface area contributed by atoms with E-state index in [0.717, 1.165) is 27.4 Å². The third-order valence-electron chi connectivity index (χ3n) is 3.62. The van der Waals surface area contributed by atoms with Crippen molar-refractivity contribution in [2.45, 2.75) is 20.8 Å². The summed E-state index contributed by atoms with van der Waals surface area (Å²) in [7, 11) is 0. The second-order valence-electron chi connectivity index (χ2n) is 5.60. The van der Waals surface area contributed by atoms with Crippen molar-refractivity contribution < 1.29 is 9.59 Å². The fraction of sp³-hybridized carbons (Fsp3) is 0.167. The van der Waals surface area contributed by atoms with Gasteiger partial charge in [0.2, 0.25) is 5.91 Å². The Kier molecular flexibility index (Phi) is 4.96. The summed E-state index contributed by atoms with van der Waals surface area (Å²) in [6.07, 6.45) is 0.